The molecule has 1 aliphatic heterocycles. The van der Waals surface area contributed by atoms with E-state index in [-0.39, 0.29) is 16.3 Å². The zero-order valence-electron chi connectivity index (χ0n) is 18.4. The maximum atomic E-state index is 13.7. The third-order valence-electron chi connectivity index (χ3n) is 5.47. The first kappa shape index (κ1) is 23.6. The fraction of sp³-hybridized carbons (Fsp3) is 0.208. The van der Waals surface area contributed by atoms with Gasteiger partial charge in [0.2, 0.25) is 6.35 Å². The van der Waals surface area contributed by atoms with Crippen LogP contribution in [-0.2, 0) is 6.18 Å². The Hall–Kier alpha value is -3.59. The molecule has 0 saturated carbocycles. The number of halogens is 4. The molecule has 178 valence electrons. The molecule has 1 aliphatic rings. The van der Waals surface area contributed by atoms with Gasteiger partial charge in [-0.1, -0.05) is 23.7 Å². The van der Waals surface area contributed by atoms with Crippen molar-refractivity contribution in [2.24, 2.45) is 0 Å². The summed E-state index contributed by atoms with van der Waals surface area (Å²) in [6.07, 6.45) is -5.26. The molecule has 34 heavy (non-hydrogen) atoms. The van der Waals surface area contributed by atoms with Crippen LogP contribution in [0.4, 0.5) is 30.2 Å². The number of hydrogen-bond acceptors (Lipinski definition) is 5. The maximum Gasteiger partial charge on any atom is 0.418 e. The number of aromatic carboxylic acids is 1. The number of anilines is 3. The predicted octanol–water partition coefficient (Wildman–Crippen LogP) is 6.30. The molecule has 10 heteroatoms. The van der Waals surface area contributed by atoms with Crippen LogP contribution in [0.5, 0.6) is 5.75 Å². The minimum atomic E-state index is -4.53. The lowest BCUT2D eigenvalue weighted by atomic mass is 10.00. The van der Waals surface area contributed by atoms with Gasteiger partial charge in [-0.05, 0) is 54.4 Å². The molecule has 0 spiro atoms. The van der Waals surface area contributed by atoms with Crippen LogP contribution in [0.2, 0.25) is 5.02 Å². The molecule has 0 fully saturated rings. The Bertz CT molecular complexity index is 1280. The summed E-state index contributed by atoms with van der Waals surface area (Å²) >= 11 is 6.43. The molecule has 3 aromatic rings. The Morgan fingerprint density at radius 3 is 2.35 bits per heavy atom. The summed E-state index contributed by atoms with van der Waals surface area (Å²) in [4.78, 5) is 12.8. The SMILES string of the molecule is Cc1ccc(OC2Nc3cc(Cl)c(-c4ccc(N(C)C)c(C(F)(F)F)c4)cc3N2)cc1C(=O)O. The molecule has 1 unspecified atom stereocenters. The van der Waals surface area contributed by atoms with Crippen LogP contribution in [0.3, 0.4) is 0 Å². The van der Waals surface area contributed by atoms with Gasteiger partial charge < -0.3 is 25.4 Å². The van der Waals surface area contributed by atoms with Crippen LogP contribution >= 0.6 is 11.6 Å². The van der Waals surface area contributed by atoms with E-state index in [2.05, 4.69) is 10.6 Å². The molecule has 4 rings (SSSR count). The van der Waals surface area contributed by atoms with E-state index in [4.69, 9.17) is 16.3 Å². The quantitative estimate of drug-likeness (QED) is 0.389. The molecule has 3 N–H and O–H groups in total. The average molecular weight is 492 g/mol. The molecule has 0 radical (unpaired) electrons. The Labute approximate surface area is 198 Å². The highest BCUT2D eigenvalue weighted by Gasteiger charge is 2.34. The number of carboxylic acid groups (broad SMARTS) is 1. The van der Waals surface area contributed by atoms with Crippen LogP contribution in [0.15, 0.2) is 48.5 Å². The summed E-state index contributed by atoms with van der Waals surface area (Å²) in [5, 5.41) is 15.7. The molecule has 0 saturated heterocycles. The molecule has 1 atom stereocenters. The van der Waals surface area contributed by atoms with Crippen molar-refractivity contribution < 1.29 is 27.8 Å². The van der Waals surface area contributed by atoms with E-state index in [9.17, 15) is 23.1 Å². The van der Waals surface area contributed by atoms with Crippen LogP contribution in [0.1, 0.15) is 21.5 Å². The number of carbonyl (C=O) groups is 1. The second kappa shape index (κ2) is 8.64. The number of ether oxygens (including phenoxy) is 1. The van der Waals surface area contributed by atoms with E-state index in [1.54, 1.807) is 51.4 Å². The van der Waals surface area contributed by atoms with Crippen LogP contribution in [-0.4, -0.2) is 31.5 Å². The summed E-state index contributed by atoms with van der Waals surface area (Å²) in [5.41, 5.74) is 1.96. The van der Waals surface area contributed by atoms with Gasteiger partial charge in [0.25, 0.3) is 0 Å². The number of hydrogen-bond donors (Lipinski definition) is 3. The third-order valence-corrected chi connectivity index (χ3v) is 5.78. The van der Waals surface area contributed by atoms with Crippen molar-refractivity contribution in [3.8, 4) is 16.9 Å². The van der Waals surface area contributed by atoms with Gasteiger partial charge in [-0.15, -0.1) is 0 Å². The molecule has 0 bridgehead atoms. The molecule has 3 aromatic carbocycles. The molecule has 1 heterocycles. The van der Waals surface area contributed by atoms with Gasteiger partial charge in [-0.2, -0.15) is 13.2 Å². The number of rotatable bonds is 5. The fourth-order valence-electron chi connectivity index (χ4n) is 3.77. The first-order chi connectivity index (χ1) is 15.9. The lowest BCUT2D eigenvalue weighted by molar-refractivity contribution is -0.137. The minimum absolute atomic E-state index is 0.0561. The van der Waals surface area contributed by atoms with E-state index in [0.29, 0.717) is 33.8 Å². The third kappa shape index (κ3) is 4.56. The Balaban J connectivity index is 1.62. The molecule has 0 aromatic heterocycles. The number of fused-ring (bicyclic) bond motifs is 1. The number of nitrogens with zero attached hydrogens (tertiary/aromatic N) is 1. The maximum absolute atomic E-state index is 13.7. The molecule has 6 nitrogen and oxygen atoms in total. The number of carboxylic acids is 1. The highest BCUT2D eigenvalue weighted by Crippen LogP contribution is 2.43. The first-order valence-electron chi connectivity index (χ1n) is 10.2. The van der Waals surface area contributed by atoms with E-state index in [1.165, 1.54) is 17.0 Å². The zero-order chi connectivity index (χ0) is 24.8. The monoisotopic (exact) mass is 491 g/mol. The fourth-order valence-corrected chi connectivity index (χ4v) is 4.05. The van der Waals surface area contributed by atoms with Crippen molar-refractivity contribution in [1.82, 2.24) is 0 Å². The van der Waals surface area contributed by atoms with E-state index in [1.807, 2.05) is 0 Å². The Morgan fingerprint density at radius 1 is 1.06 bits per heavy atom. The van der Waals surface area contributed by atoms with Gasteiger partial charge >= 0.3 is 12.1 Å². The van der Waals surface area contributed by atoms with Crippen molar-refractivity contribution in [2.75, 3.05) is 29.6 Å². The largest absolute Gasteiger partial charge is 0.478 e. The lowest BCUT2D eigenvalue weighted by Gasteiger charge is -2.20. The number of nitrogens with one attached hydrogen (secondary N) is 2. The van der Waals surface area contributed by atoms with Crippen LogP contribution < -0.4 is 20.3 Å². The van der Waals surface area contributed by atoms with Crippen LogP contribution in [0, 0.1) is 6.92 Å². The summed E-state index contributed by atoms with van der Waals surface area (Å²) in [5.74, 6) is -0.727. The van der Waals surface area contributed by atoms with E-state index in [0.717, 1.165) is 6.07 Å². The molecular formula is C24H21ClF3N3O3. The predicted molar refractivity (Wildman–Crippen MR) is 126 cm³/mol. The topological polar surface area (TPSA) is 73.8 Å². The van der Waals surface area contributed by atoms with Crippen molar-refractivity contribution in [3.63, 3.8) is 0 Å². The Morgan fingerprint density at radius 2 is 1.74 bits per heavy atom. The standard InChI is InChI=1S/C24H21ClF3N3O3/c1-12-4-6-14(9-15(12)22(32)33)34-23-29-19-10-16(18(25)11-20(19)30-23)13-5-7-21(31(2)3)17(8-13)24(26,27)28/h4-11,23,29-30H,1-3H3,(H,32,33). The Kier molecular flexibility index (Phi) is 5.99. The summed E-state index contributed by atoms with van der Waals surface area (Å²) in [7, 11) is 3.10. The summed E-state index contributed by atoms with van der Waals surface area (Å²) in [6.45, 7) is 1.69. The molecule has 0 aliphatic carbocycles. The van der Waals surface area contributed by atoms with Crippen molar-refractivity contribution in [2.45, 2.75) is 19.5 Å². The zero-order valence-corrected chi connectivity index (χ0v) is 19.2. The second-order valence-corrected chi connectivity index (χ2v) is 8.48. The van der Waals surface area contributed by atoms with Crippen molar-refractivity contribution >= 4 is 34.6 Å². The molecule has 0 amide bonds. The van der Waals surface area contributed by atoms with Gasteiger partial charge in [-0.3, -0.25) is 0 Å². The first-order valence-corrected chi connectivity index (χ1v) is 10.6. The van der Waals surface area contributed by atoms with Gasteiger partial charge in [-0.25, -0.2) is 4.79 Å². The normalized spacial score (nSPS) is 14.7. The van der Waals surface area contributed by atoms with Crippen molar-refractivity contribution in [1.29, 1.82) is 0 Å². The van der Waals surface area contributed by atoms with E-state index < -0.39 is 24.1 Å². The van der Waals surface area contributed by atoms with Crippen molar-refractivity contribution in [3.05, 3.63) is 70.2 Å². The lowest BCUT2D eigenvalue weighted by Crippen LogP contribution is -2.29. The molecular weight excluding hydrogens is 471 g/mol. The minimum Gasteiger partial charge on any atom is -0.478 e. The van der Waals surface area contributed by atoms with Gasteiger partial charge in [0.15, 0.2) is 0 Å². The summed E-state index contributed by atoms with van der Waals surface area (Å²) < 4.78 is 46.8. The number of aryl methyl sites for hydroxylation is 1. The van der Waals surface area contributed by atoms with Gasteiger partial charge in [0.1, 0.15) is 5.75 Å². The number of alkyl halides is 3. The highest BCUT2D eigenvalue weighted by atomic mass is 35.5. The van der Waals surface area contributed by atoms with E-state index >= 15 is 0 Å². The second-order valence-electron chi connectivity index (χ2n) is 8.07. The average Bonchev–Trinajstić information content (AvgIpc) is 3.14. The van der Waals surface area contributed by atoms with Gasteiger partial charge in [0, 0.05) is 25.3 Å². The van der Waals surface area contributed by atoms with Gasteiger partial charge in [0.05, 0.1) is 27.5 Å². The highest BCUT2D eigenvalue weighted by molar-refractivity contribution is 6.34. The van der Waals surface area contributed by atoms with Crippen LogP contribution in [0.25, 0.3) is 11.1 Å². The smallest absolute Gasteiger partial charge is 0.418 e. The summed E-state index contributed by atoms with van der Waals surface area (Å²) in [6, 6.07) is 12.1. The number of benzene rings is 3.